The highest BCUT2D eigenvalue weighted by Gasteiger charge is 2.35. The van der Waals surface area contributed by atoms with Crippen LogP contribution >= 0.6 is 0 Å². The number of hydrogen-bond acceptors (Lipinski definition) is 5. The van der Waals surface area contributed by atoms with Crippen molar-refractivity contribution in [3.05, 3.63) is 40.7 Å². The number of anilines is 1. The van der Waals surface area contributed by atoms with Crippen molar-refractivity contribution in [1.82, 2.24) is 9.58 Å². The van der Waals surface area contributed by atoms with Crippen LogP contribution in [0.15, 0.2) is 24.3 Å². The van der Waals surface area contributed by atoms with Crippen molar-refractivity contribution in [2.75, 3.05) is 25.1 Å². The fraction of sp³-hybridized carbons (Fsp3) is 0.381. The number of halogens is 3. The van der Waals surface area contributed by atoms with E-state index in [1.165, 1.54) is 43.3 Å². The Kier molecular flexibility index (Phi) is 6.56. The van der Waals surface area contributed by atoms with E-state index in [4.69, 9.17) is 4.74 Å². The topological polar surface area (TPSA) is 90.1 Å². The number of carbonyl (C=O) groups excluding carboxylic acids is 2. The Morgan fingerprint density at radius 1 is 1.24 bits per heavy atom. The number of ether oxygens (including phenoxy) is 2. The Bertz CT molecular complexity index is 1110. The summed E-state index contributed by atoms with van der Waals surface area (Å²) in [7, 11) is 3.16. The molecule has 0 unspecified atom stereocenters. The van der Waals surface area contributed by atoms with Gasteiger partial charge in [-0.3, -0.25) is 9.69 Å². The number of rotatable bonds is 6. The number of hydrogen-bond donors (Lipinski definition) is 0. The van der Waals surface area contributed by atoms with Crippen LogP contribution in [0.25, 0.3) is 11.3 Å². The second kappa shape index (κ2) is 9.04. The van der Waals surface area contributed by atoms with Gasteiger partial charge in [-0.1, -0.05) is 22.0 Å². The van der Waals surface area contributed by atoms with Crippen molar-refractivity contribution in [3.63, 3.8) is 0 Å². The molecule has 178 valence electrons. The van der Waals surface area contributed by atoms with Crippen molar-refractivity contribution in [1.29, 1.82) is 0 Å². The lowest BCUT2D eigenvalue weighted by atomic mass is 10.1. The summed E-state index contributed by atoms with van der Waals surface area (Å²) in [5.74, 6) is -0.839. The van der Waals surface area contributed by atoms with Crippen LogP contribution in [-0.4, -0.2) is 59.2 Å². The molecule has 2 amide bonds. The summed E-state index contributed by atoms with van der Waals surface area (Å²) in [6.45, 7) is 3.06. The van der Waals surface area contributed by atoms with E-state index in [-0.39, 0.29) is 25.3 Å². The SMILES string of the molecule is CC(=O)OCCCN1C(=O)N(C)c2c(C)c(-c3cccc(OC(F)(F)F)c3)n(C)c2C=[N+]1[O-]. The zero-order valence-corrected chi connectivity index (χ0v) is 18.5. The molecule has 0 spiro atoms. The van der Waals surface area contributed by atoms with Gasteiger partial charge in [-0.2, -0.15) is 0 Å². The highest BCUT2D eigenvalue weighted by molar-refractivity contribution is 6.01. The molecular formula is C21H23F3N4O5. The second-order valence-electron chi connectivity index (χ2n) is 7.43. The fourth-order valence-corrected chi connectivity index (χ4v) is 3.81. The minimum absolute atomic E-state index is 0.0210. The molecule has 0 saturated carbocycles. The first-order chi connectivity index (χ1) is 15.4. The van der Waals surface area contributed by atoms with E-state index in [9.17, 15) is 28.0 Å². The van der Waals surface area contributed by atoms with Crippen LogP contribution in [0.1, 0.15) is 24.6 Å². The number of fused-ring (bicyclic) bond motifs is 1. The third-order valence-corrected chi connectivity index (χ3v) is 5.12. The van der Waals surface area contributed by atoms with Crippen LogP contribution in [0.5, 0.6) is 5.75 Å². The molecule has 3 rings (SSSR count). The Labute approximate surface area is 187 Å². The number of carbonyl (C=O) groups is 2. The molecule has 33 heavy (non-hydrogen) atoms. The van der Waals surface area contributed by atoms with Crippen LogP contribution in [-0.2, 0) is 16.6 Å². The Morgan fingerprint density at radius 3 is 2.58 bits per heavy atom. The predicted octanol–water partition coefficient (Wildman–Crippen LogP) is 3.57. The zero-order valence-electron chi connectivity index (χ0n) is 18.5. The average Bonchev–Trinajstić information content (AvgIpc) is 2.89. The first-order valence-corrected chi connectivity index (χ1v) is 9.96. The molecule has 1 aliphatic rings. The van der Waals surface area contributed by atoms with Gasteiger partial charge in [-0.05, 0) is 24.6 Å². The van der Waals surface area contributed by atoms with Gasteiger partial charge < -0.3 is 19.2 Å². The summed E-state index contributed by atoms with van der Waals surface area (Å²) >= 11 is 0. The number of benzene rings is 1. The number of alkyl halides is 3. The van der Waals surface area contributed by atoms with Crippen LogP contribution < -0.4 is 9.64 Å². The number of hydrazine groups is 1. The largest absolute Gasteiger partial charge is 0.596 e. The van der Waals surface area contributed by atoms with E-state index in [1.807, 2.05) is 0 Å². The van der Waals surface area contributed by atoms with Crippen molar-refractivity contribution in [2.45, 2.75) is 26.6 Å². The van der Waals surface area contributed by atoms with E-state index in [0.29, 0.717) is 33.0 Å². The molecule has 0 radical (unpaired) electrons. The van der Waals surface area contributed by atoms with Crippen molar-refractivity contribution >= 4 is 23.9 Å². The lowest BCUT2D eigenvalue weighted by Crippen LogP contribution is -2.45. The molecule has 0 fully saturated rings. The Morgan fingerprint density at radius 2 is 1.94 bits per heavy atom. The van der Waals surface area contributed by atoms with Gasteiger partial charge >= 0.3 is 18.4 Å². The summed E-state index contributed by atoms with van der Waals surface area (Å²) in [4.78, 5) is 25.6. The van der Waals surface area contributed by atoms with E-state index in [2.05, 4.69) is 4.74 Å². The molecule has 0 N–H and O–H groups in total. The van der Waals surface area contributed by atoms with E-state index in [0.717, 1.165) is 5.01 Å². The van der Waals surface area contributed by atoms with Gasteiger partial charge in [0.15, 0.2) is 0 Å². The second-order valence-corrected chi connectivity index (χ2v) is 7.43. The number of amides is 2. The number of esters is 1. The number of nitrogens with zero attached hydrogens (tertiary/aromatic N) is 4. The molecule has 9 nitrogen and oxygen atoms in total. The molecular weight excluding hydrogens is 445 g/mol. The number of hydrazone groups is 1. The molecule has 0 aliphatic carbocycles. The summed E-state index contributed by atoms with van der Waals surface area (Å²) < 4.78 is 48.4. The summed E-state index contributed by atoms with van der Waals surface area (Å²) in [6, 6.07) is 4.88. The van der Waals surface area contributed by atoms with Crippen LogP contribution in [0.2, 0.25) is 0 Å². The highest BCUT2D eigenvalue weighted by atomic mass is 19.4. The lowest BCUT2D eigenvalue weighted by Gasteiger charge is -2.23. The average molecular weight is 468 g/mol. The van der Waals surface area contributed by atoms with Gasteiger partial charge in [0.25, 0.3) is 0 Å². The summed E-state index contributed by atoms with van der Waals surface area (Å²) in [5, 5.41) is 13.7. The van der Waals surface area contributed by atoms with Crippen molar-refractivity contribution in [3.8, 4) is 17.0 Å². The maximum absolute atomic E-state index is 13.0. The Hall–Kier alpha value is -3.70. The predicted molar refractivity (Wildman–Crippen MR) is 113 cm³/mol. The quantitative estimate of drug-likeness (QED) is 0.280. The van der Waals surface area contributed by atoms with Crippen molar-refractivity contribution < 1.29 is 37.1 Å². The van der Waals surface area contributed by atoms with Crippen LogP contribution in [0, 0.1) is 12.1 Å². The van der Waals surface area contributed by atoms with Gasteiger partial charge in [0, 0.05) is 33.0 Å². The molecule has 0 bridgehead atoms. The molecule has 12 heteroatoms. The van der Waals surface area contributed by atoms with Gasteiger partial charge in [0.2, 0.25) is 6.21 Å². The smallest absolute Gasteiger partial charge is 0.573 e. The molecule has 0 atom stereocenters. The third-order valence-electron chi connectivity index (χ3n) is 5.12. The van der Waals surface area contributed by atoms with Gasteiger partial charge in [0.1, 0.15) is 11.4 Å². The monoisotopic (exact) mass is 468 g/mol. The summed E-state index contributed by atoms with van der Waals surface area (Å²) in [5.41, 5.74) is 2.40. The van der Waals surface area contributed by atoms with E-state index in [1.54, 1.807) is 24.6 Å². The van der Waals surface area contributed by atoms with Gasteiger partial charge in [0.05, 0.1) is 24.5 Å². The maximum atomic E-state index is 13.0. The standard InChI is InChI=1S/C21H23F3N4O5/c1-13-18(15-7-5-8-16(11-15)33-21(22,23)24)25(3)17-12-28(31)27(9-6-10-32-14(2)29)20(30)26(4)19(13)17/h5,7-8,11-12H,6,9-10H2,1-4H3. The van der Waals surface area contributed by atoms with Crippen LogP contribution in [0.4, 0.5) is 23.7 Å². The molecule has 2 heterocycles. The van der Waals surface area contributed by atoms with Gasteiger partial charge in [-0.15, -0.1) is 13.2 Å². The minimum Gasteiger partial charge on any atom is -0.596 e. The normalized spacial score (nSPS) is 14.0. The molecule has 1 aromatic heterocycles. The number of aromatic nitrogens is 1. The first-order valence-electron chi connectivity index (χ1n) is 9.96. The lowest BCUT2D eigenvalue weighted by molar-refractivity contribution is -0.609. The molecule has 0 saturated heterocycles. The fourth-order valence-electron chi connectivity index (χ4n) is 3.81. The van der Waals surface area contributed by atoms with Crippen LogP contribution in [0.3, 0.4) is 0 Å². The third kappa shape index (κ3) is 5.04. The molecule has 1 aliphatic heterocycles. The van der Waals surface area contributed by atoms with E-state index >= 15 is 0 Å². The highest BCUT2D eigenvalue weighted by Crippen LogP contribution is 2.38. The summed E-state index contributed by atoms with van der Waals surface area (Å²) in [6.07, 6.45) is -3.34. The van der Waals surface area contributed by atoms with E-state index < -0.39 is 18.4 Å². The number of urea groups is 1. The molecule has 1 aromatic carbocycles. The molecule has 2 aromatic rings. The maximum Gasteiger partial charge on any atom is 0.573 e. The Balaban J connectivity index is 1.99. The minimum atomic E-state index is -4.83. The van der Waals surface area contributed by atoms with Gasteiger partial charge in [-0.25, -0.2) is 4.79 Å². The zero-order chi connectivity index (χ0) is 24.5. The van der Waals surface area contributed by atoms with Crippen molar-refractivity contribution in [2.24, 2.45) is 7.05 Å². The first kappa shape index (κ1) is 24.0.